The largest absolute Gasteiger partial charge is 0.465 e. The van der Waals surface area contributed by atoms with Crippen LogP contribution in [0.1, 0.15) is 0 Å². The molecule has 2 aromatic rings. The van der Waals surface area contributed by atoms with Crippen LogP contribution in [0.5, 0.6) is 0 Å². The molecule has 3 heterocycles. The highest BCUT2D eigenvalue weighted by Gasteiger charge is 2.34. The van der Waals surface area contributed by atoms with Crippen molar-refractivity contribution < 1.29 is 9.90 Å². The first-order valence-corrected chi connectivity index (χ1v) is 7.40. The Kier molecular flexibility index (Phi) is 3.88. The number of carbonyl (C=O) groups is 1. The molecule has 0 aliphatic carbocycles. The molecule has 2 aromatic heterocycles. The van der Waals surface area contributed by atoms with Crippen LogP contribution < -0.4 is 4.90 Å². The van der Waals surface area contributed by atoms with Crippen molar-refractivity contribution in [1.29, 1.82) is 0 Å². The molecule has 1 N–H and O–H groups in total. The molecule has 0 spiro atoms. The van der Waals surface area contributed by atoms with Crippen LogP contribution in [0, 0.1) is 0 Å². The van der Waals surface area contributed by atoms with Gasteiger partial charge in [-0.1, -0.05) is 34.8 Å². The maximum atomic E-state index is 10.9. The number of likely N-dealkylation sites (N-methyl/N-ethyl adjacent to an activating group) is 1. The third-order valence-corrected chi connectivity index (χ3v) is 4.45. The Balaban J connectivity index is 1.88. The van der Waals surface area contributed by atoms with E-state index in [4.69, 9.17) is 39.9 Å². The van der Waals surface area contributed by atoms with Gasteiger partial charge in [0.25, 0.3) is 0 Å². The number of rotatable bonds is 2. The summed E-state index contributed by atoms with van der Waals surface area (Å²) in [6.45, 7) is 0.980. The summed E-state index contributed by atoms with van der Waals surface area (Å²) in [7, 11) is 1.53. The van der Waals surface area contributed by atoms with Crippen molar-refractivity contribution in [1.82, 2.24) is 19.9 Å². The third kappa shape index (κ3) is 2.60. The summed E-state index contributed by atoms with van der Waals surface area (Å²) in [5, 5.41) is 9.57. The molecule has 0 aromatic carbocycles. The fourth-order valence-corrected chi connectivity index (χ4v) is 2.68. The van der Waals surface area contributed by atoms with Crippen LogP contribution in [-0.4, -0.2) is 57.2 Å². The maximum Gasteiger partial charge on any atom is 0.407 e. The first-order valence-electron chi connectivity index (χ1n) is 6.27. The molecule has 0 radical (unpaired) electrons. The molecule has 0 saturated carbocycles. The van der Waals surface area contributed by atoms with E-state index in [-0.39, 0.29) is 21.4 Å². The number of anilines is 1. The Hall–Kier alpha value is -1.57. The van der Waals surface area contributed by atoms with Gasteiger partial charge in [0.2, 0.25) is 0 Å². The number of hydrogen-bond donors (Lipinski definition) is 1. The van der Waals surface area contributed by atoms with Gasteiger partial charge in [0.1, 0.15) is 10.7 Å². The summed E-state index contributed by atoms with van der Waals surface area (Å²) in [6.07, 6.45) is -0.969. The van der Waals surface area contributed by atoms with Crippen molar-refractivity contribution in [2.24, 2.45) is 0 Å². The van der Waals surface area contributed by atoms with Gasteiger partial charge in [-0.25, -0.2) is 19.7 Å². The molecule has 22 heavy (non-hydrogen) atoms. The minimum atomic E-state index is -0.969. The molecule has 1 amide bonds. The standard InChI is InChI=1S/C12H10Cl3N5O2/c1-19(12(21)22)5-3-20(4-5)11-9(15)16-7-2-6(13)8(14)17-10(7)18-11/h2,5H,3-4H2,1H3,(H,21,22). The average Bonchev–Trinajstić information content (AvgIpc) is 2.39. The van der Waals surface area contributed by atoms with E-state index >= 15 is 0 Å². The zero-order chi connectivity index (χ0) is 16.0. The van der Waals surface area contributed by atoms with Gasteiger partial charge < -0.3 is 14.9 Å². The zero-order valence-corrected chi connectivity index (χ0v) is 13.6. The number of amides is 1. The second kappa shape index (κ2) is 5.57. The van der Waals surface area contributed by atoms with E-state index in [0.717, 1.165) is 0 Å². The molecule has 1 fully saturated rings. The van der Waals surface area contributed by atoms with Crippen LogP contribution in [0.2, 0.25) is 15.3 Å². The fraction of sp³-hybridized carbons (Fsp3) is 0.333. The molecular weight excluding hydrogens is 353 g/mol. The second-order valence-corrected chi connectivity index (χ2v) is 6.02. The highest BCUT2D eigenvalue weighted by Crippen LogP contribution is 2.31. The van der Waals surface area contributed by atoms with E-state index in [9.17, 15) is 4.79 Å². The number of nitrogens with zero attached hydrogens (tertiary/aromatic N) is 5. The van der Waals surface area contributed by atoms with Gasteiger partial charge in [0.05, 0.1) is 11.1 Å². The molecule has 7 nitrogen and oxygen atoms in total. The molecule has 1 aliphatic heterocycles. The van der Waals surface area contributed by atoms with E-state index in [2.05, 4.69) is 15.0 Å². The molecule has 0 unspecified atom stereocenters. The summed E-state index contributed by atoms with van der Waals surface area (Å²) in [6, 6.07) is 1.44. The Labute approximate surface area is 140 Å². The van der Waals surface area contributed by atoms with Crippen LogP contribution in [0.4, 0.5) is 10.6 Å². The normalized spacial score (nSPS) is 15.0. The minimum Gasteiger partial charge on any atom is -0.465 e. The van der Waals surface area contributed by atoms with Crippen molar-refractivity contribution in [3.63, 3.8) is 0 Å². The molecule has 0 bridgehead atoms. The molecule has 10 heteroatoms. The molecule has 1 saturated heterocycles. The lowest BCUT2D eigenvalue weighted by molar-refractivity contribution is 0.130. The predicted molar refractivity (Wildman–Crippen MR) is 84.2 cm³/mol. The van der Waals surface area contributed by atoms with E-state index in [1.54, 1.807) is 6.07 Å². The lowest BCUT2D eigenvalue weighted by Crippen LogP contribution is -2.60. The SMILES string of the molecule is CN(C(=O)O)C1CN(c2nc3nc(Cl)c(Cl)cc3nc2Cl)C1. The first-order chi connectivity index (χ1) is 10.4. The van der Waals surface area contributed by atoms with E-state index in [1.165, 1.54) is 11.9 Å². The molecule has 116 valence electrons. The summed E-state index contributed by atoms with van der Waals surface area (Å²) in [5.74, 6) is 0.454. The number of halogens is 3. The lowest BCUT2D eigenvalue weighted by atomic mass is 10.1. The van der Waals surface area contributed by atoms with Crippen molar-refractivity contribution in [2.45, 2.75) is 6.04 Å². The smallest absolute Gasteiger partial charge is 0.407 e. The number of fused-ring (bicyclic) bond motifs is 1. The summed E-state index contributed by atoms with van der Waals surface area (Å²) < 4.78 is 0. The molecule has 1 aliphatic rings. The topological polar surface area (TPSA) is 82.5 Å². The molecule has 3 rings (SSSR count). The summed E-state index contributed by atoms with van der Waals surface area (Å²) in [4.78, 5) is 26.6. The predicted octanol–water partition coefficient (Wildman–Crippen LogP) is 2.78. The van der Waals surface area contributed by atoms with Gasteiger partial charge >= 0.3 is 6.09 Å². The minimum absolute atomic E-state index is 0.104. The Morgan fingerprint density at radius 2 is 1.95 bits per heavy atom. The summed E-state index contributed by atoms with van der Waals surface area (Å²) in [5.41, 5.74) is 0.784. The van der Waals surface area contributed by atoms with Crippen molar-refractivity contribution in [3.8, 4) is 0 Å². The first kappa shape index (κ1) is 15.3. The average molecular weight is 363 g/mol. The number of hydrogen-bond acceptors (Lipinski definition) is 5. The Bertz CT molecular complexity index is 766. The monoisotopic (exact) mass is 361 g/mol. The van der Waals surface area contributed by atoms with Gasteiger partial charge in [-0.05, 0) is 6.07 Å². The van der Waals surface area contributed by atoms with E-state index in [0.29, 0.717) is 30.1 Å². The van der Waals surface area contributed by atoms with Crippen molar-refractivity contribution >= 4 is 57.9 Å². The summed E-state index contributed by atoms with van der Waals surface area (Å²) >= 11 is 17.9. The maximum absolute atomic E-state index is 10.9. The van der Waals surface area contributed by atoms with E-state index in [1.807, 2.05) is 4.90 Å². The zero-order valence-electron chi connectivity index (χ0n) is 11.3. The second-order valence-electron chi connectivity index (χ2n) is 4.89. The van der Waals surface area contributed by atoms with Crippen LogP contribution in [-0.2, 0) is 0 Å². The lowest BCUT2D eigenvalue weighted by Gasteiger charge is -2.43. The third-order valence-electron chi connectivity index (χ3n) is 3.52. The van der Waals surface area contributed by atoms with Crippen molar-refractivity contribution in [3.05, 3.63) is 21.4 Å². The Morgan fingerprint density at radius 1 is 1.27 bits per heavy atom. The van der Waals surface area contributed by atoms with Crippen LogP contribution in [0.25, 0.3) is 11.2 Å². The van der Waals surface area contributed by atoms with Gasteiger partial charge in [0.15, 0.2) is 16.6 Å². The van der Waals surface area contributed by atoms with Gasteiger partial charge in [0, 0.05) is 20.1 Å². The van der Waals surface area contributed by atoms with Crippen LogP contribution >= 0.6 is 34.8 Å². The highest BCUT2D eigenvalue weighted by molar-refractivity contribution is 6.41. The highest BCUT2D eigenvalue weighted by atomic mass is 35.5. The molecule has 0 atom stereocenters. The molecular formula is C12H10Cl3N5O2. The van der Waals surface area contributed by atoms with Crippen LogP contribution in [0.15, 0.2) is 6.07 Å². The van der Waals surface area contributed by atoms with Gasteiger partial charge in [-0.2, -0.15) is 0 Å². The van der Waals surface area contributed by atoms with E-state index < -0.39 is 6.09 Å². The number of carboxylic acid groups (broad SMARTS) is 1. The number of aromatic nitrogens is 3. The Morgan fingerprint density at radius 3 is 2.59 bits per heavy atom. The quantitative estimate of drug-likeness (QED) is 0.827. The van der Waals surface area contributed by atoms with Gasteiger partial charge in [-0.3, -0.25) is 0 Å². The number of pyridine rings is 1. The van der Waals surface area contributed by atoms with Crippen LogP contribution in [0.3, 0.4) is 0 Å². The van der Waals surface area contributed by atoms with Gasteiger partial charge in [-0.15, -0.1) is 0 Å². The van der Waals surface area contributed by atoms with Crippen molar-refractivity contribution in [2.75, 3.05) is 25.0 Å². The fourth-order valence-electron chi connectivity index (χ4n) is 2.15.